The average molecular weight is 308 g/mol. The molecule has 0 aromatic heterocycles. The van der Waals surface area contributed by atoms with Crippen molar-refractivity contribution in [1.29, 1.82) is 5.26 Å². The lowest BCUT2D eigenvalue weighted by atomic mass is 10.1. The molecule has 0 unspecified atom stereocenters. The Labute approximate surface area is 136 Å². The lowest BCUT2D eigenvalue weighted by Crippen LogP contribution is -2.23. The molecule has 0 saturated carbocycles. The number of carbonyl (C=O) groups is 1. The predicted molar refractivity (Wildman–Crippen MR) is 89.8 cm³/mol. The number of hydrogen-bond donors (Lipinski definition) is 1. The SMILES string of the molecule is CCCCNCC(=O)c1ccc(Oc2ccc(C#N)cc2)cc1. The molecule has 2 aromatic rings. The normalized spacial score (nSPS) is 10.1. The number of carbonyl (C=O) groups excluding carboxylic acids is 1. The standard InChI is InChI=1S/C19H20N2O2/c1-2-3-12-21-14-19(22)16-6-10-18(11-7-16)23-17-8-4-15(13-20)5-9-17/h4-11,21H,2-3,12,14H2,1H3. The van der Waals surface area contributed by atoms with Crippen molar-refractivity contribution in [3.05, 3.63) is 59.7 Å². The molecule has 4 nitrogen and oxygen atoms in total. The highest BCUT2D eigenvalue weighted by Crippen LogP contribution is 2.22. The van der Waals surface area contributed by atoms with Crippen molar-refractivity contribution in [1.82, 2.24) is 5.32 Å². The Balaban J connectivity index is 1.90. The van der Waals surface area contributed by atoms with Crippen LogP contribution in [0.15, 0.2) is 48.5 Å². The highest BCUT2D eigenvalue weighted by atomic mass is 16.5. The van der Waals surface area contributed by atoms with E-state index in [2.05, 4.69) is 18.3 Å². The number of nitrogens with one attached hydrogen (secondary N) is 1. The molecular weight excluding hydrogens is 288 g/mol. The van der Waals surface area contributed by atoms with Crippen LogP contribution in [0.2, 0.25) is 0 Å². The summed E-state index contributed by atoms with van der Waals surface area (Å²) in [6.45, 7) is 3.34. The Hall–Kier alpha value is -2.64. The van der Waals surface area contributed by atoms with Crippen molar-refractivity contribution >= 4 is 5.78 Å². The highest BCUT2D eigenvalue weighted by molar-refractivity contribution is 5.97. The largest absolute Gasteiger partial charge is 0.457 e. The van der Waals surface area contributed by atoms with E-state index in [4.69, 9.17) is 10.00 Å². The molecule has 0 aliphatic heterocycles. The van der Waals surface area contributed by atoms with E-state index in [1.165, 1.54) is 0 Å². The molecule has 1 N–H and O–H groups in total. The van der Waals surface area contributed by atoms with Crippen LogP contribution < -0.4 is 10.1 Å². The third-order valence-corrected chi connectivity index (χ3v) is 3.39. The number of rotatable bonds is 8. The van der Waals surface area contributed by atoms with Gasteiger partial charge in [-0.05, 0) is 61.5 Å². The zero-order chi connectivity index (χ0) is 16.5. The van der Waals surface area contributed by atoms with Gasteiger partial charge in [-0.3, -0.25) is 4.79 Å². The lowest BCUT2D eigenvalue weighted by molar-refractivity contribution is 0.0991. The maximum atomic E-state index is 12.0. The summed E-state index contributed by atoms with van der Waals surface area (Å²) in [5.41, 5.74) is 1.26. The van der Waals surface area contributed by atoms with Gasteiger partial charge in [0, 0.05) is 5.56 Å². The fraction of sp³-hybridized carbons (Fsp3) is 0.263. The summed E-state index contributed by atoms with van der Waals surface area (Å²) in [5, 5.41) is 11.9. The monoisotopic (exact) mass is 308 g/mol. The predicted octanol–water partition coefficient (Wildman–Crippen LogP) is 3.92. The maximum absolute atomic E-state index is 12.0. The van der Waals surface area contributed by atoms with E-state index in [0.717, 1.165) is 19.4 Å². The fourth-order valence-corrected chi connectivity index (χ4v) is 2.05. The van der Waals surface area contributed by atoms with Crippen LogP contribution in [-0.2, 0) is 0 Å². The van der Waals surface area contributed by atoms with Crippen molar-refractivity contribution in [3.8, 4) is 17.6 Å². The number of Topliss-reactive ketones (excluding diaryl/α,β-unsaturated/α-hetero) is 1. The summed E-state index contributed by atoms with van der Waals surface area (Å²) in [7, 11) is 0. The van der Waals surface area contributed by atoms with Gasteiger partial charge in [0.1, 0.15) is 11.5 Å². The minimum atomic E-state index is 0.0750. The molecule has 0 aliphatic carbocycles. The van der Waals surface area contributed by atoms with E-state index in [0.29, 0.717) is 29.2 Å². The van der Waals surface area contributed by atoms with Gasteiger partial charge < -0.3 is 10.1 Å². The summed E-state index contributed by atoms with van der Waals surface area (Å²) in [4.78, 5) is 12.0. The molecule has 0 heterocycles. The van der Waals surface area contributed by atoms with Gasteiger partial charge in [-0.25, -0.2) is 0 Å². The number of ether oxygens (including phenoxy) is 1. The second kappa shape index (κ2) is 8.72. The summed E-state index contributed by atoms with van der Waals surface area (Å²) in [5.74, 6) is 1.39. The third-order valence-electron chi connectivity index (χ3n) is 3.39. The molecule has 118 valence electrons. The van der Waals surface area contributed by atoms with E-state index < -0.39 is 0 Å². The van der Waals surface area contributed by atoms with Crippen LogP contribution in [0.3, 0.4) is 0 Å². The molecule has 0 radical (unpaired) electrons. The highest BCUT2D eigenvalue weighted by Gasteiger charge is 2.06. The quantitative estimate of drug-likeness (QED) is 0.593. The van der Waals surface area contributed by atoms with Gasteiger partial charge in [0.25, 0.3) is 0 Å². The summed E-state index contributed by atoms with van der Waals surface area (Å²) in [6, 6.07) is 16.0. The van der Waals surface area contributed by atoms with Gasteiger partial charge >= 0.3 is 0 Å². The Bertz CT molecular complexity index is 670. The Morgan fingerprint density at radius 2 is 1.70 bits per heavy atom. The van der Waals surface area contributed by atoms with Crippen LogP contribution in [0, 0.1) is 11.3 Å². The maximum Gasteiger partial charge on any atom is 0.176 e. The number of hydrogen-bond acceptors (Lipinski definition) is 4. The van der Waals surface area contributed by atoms with E-state index >= 15 is 0 Å². The number of nitrogens with zero attached hydrogens (tertiary/aromatic N) is 1. The fourth-order valence-electron chi connectivity index (χ4n) is 2.05. The van der Waals surface area contributed by atoms with E-state index in [-0.39, 0.29) is 5.78 Å². The Morgan fingerprint density at radius 1 is 1.09 bits per heavy atom. The molecular formula is C19H20N2O2. The number of benzene rings is 2. The molecule has 0 amide bonds. The second-order valence-corrected chi connectivity index (χ2v) is 5.22. The number of unbranched alkanes of at least 4 members (excludes halogenated alkanes) is 1. The van der Waals surface area contributed by atoms with E-state index in [1.807, 2.05) is 0 Å². The average Bonchev–Trinajstić information content (AvgIpc) is 2.60. The van der Waals surface area contributed by atoms with Crippen LogP contribution in [0.4, 0.5) is 0 Å². The smallest absolute Gasteiger partial charge is 0.176 e. The van der Waals surface area contributed by atoms with Crippen LogP contribution in [0.5, 0.6) is 11.5 Å². The lowest BCUT2D eigenvalue weighted by Gasteiger charge is -2.07. The van der Waals surface area contributed by atoms with Gasteiger partial charge in [0.15, 0.2) is 5.78 Å². The van der Waals surface area contributed by atoms with Crippen LogP contribution in [0.1, 0.15) is 35.7 Å². The molecule has 2 aromatic carbocycles. The minimum absolute atomic E-state index is 0.0750. The van der Waals surface area contributed by atoms with Crippen LogP contribution in [-0.4, -0.2) is 18.9 Å². The Kier molecular flexibility index (Phi) is 6.34. The first-order valence-electron chi connectivity index (χ1n) is 7.75. The second-order valence-electron chi connectivity index (χ2n) is 5.22. The molecule has 2 rings (SSSR count). The molecule has 0 aliphatic rings. The van der Waals surface area contributed by atoms with Crippen molar-refractivity contribution < 1.29 is 9.53 Å². The third kappa shape index (κ3) is 5.24. The van der Waals surface area contributed by atoms with Gasteiger partial charge in [0.2, 0.25) is 0 Å². The topological polar surface area (TPSA) is 62.1 Å². The van der Waals surface area contributed by atoms with Gasteiger partial charge in [-0.15, -0.1) is 0 Å². The molecule has 0 atom stereocenters. The first kappa shape index (κ1) is 16.7. The molecule has 0 bridgehead atoms. The van der Waals surface area contributed by atoms with Crippen molar-refractivity contribution in [2.45, 2.75) is 19.8 Å². The summed E-state index contributed by atoms with van der Waals surface area (Å²) < 4.78 is 5.69. The van der Waals surface area contributed by atoms with Crippen LogP contribution in [0.25, 0.3) is 0 Å². The van der Waals surface area contributed by atoms with Crippen molar-refractivity contribution in [3.63, 3.8) is 0 Å². The Morgan fingerprint density at radius 3 is 2.26 bits per heavy atom. The molecule has 0 spiro atoms. The zero-order valence-electron chi connectivity index (χ0n) is 13.2. The minimum Gasteiger partial charge on any atom is -0.457 e. The van der Waals surface area contributed by atoms with Crippen molar-refractivity contribution in [2.75, 3.05) is 13.1 Å². The summed E-state index contributed by atoms with van der Waals surface area (Å²) >= 11 is 0. The van der Waals surface area contributed by atoms with Gasteiger partial charge in [-0.1, -0.05) is 13.3 Å². The number of nitriles is 1. The number of ketones is 1. The van der Waals surface area contributed by atoms with Gasteiger partial charge in [-0.2, -0.15) is 5.26 Å². The summed E-state index contributed by atoms with van der Waals surface area (Å²) in [6.07, 6.45) is 2.19. The first-order valence-corrected chi connectivity index (χ1v) is 7.75. The van der Waals surface area contributed by atoms with Crippen molar-refractivity contribution in [2.24, 2.45) is 0 Å². The zero-order valence-corrected chi connectivity index (χ0v) is 13.2. The van der Waals surface area contributed by atoms with E-state index in [1.54, 1.807) is 48.5 Å². The molecule has 0 saturated heterocycles. The van der Waals surface area contributed by atoms with E-state index in [9.17, 15) is 4.79 Å². The first-order chi connectivity index (χ1) is 11.2. The van der Waals surface area contributed by atoms with Gasteiger partial charge in [0.05, 0.1) is 18.2 Å². The molecule has 23 heavy (non-hydrogen) atoms. The molecule has 0 fully saturated rings. The molecule has 4 heteroatoms. The van der Waals surface area contributed by atoms with Crippen LogP contribution >= 0.6 is 0 Å².